The molecule has 144 valence electrons. The van der Waals surface area contributed by atoms with Crippen molar-refractivity contribution in [2.75, 3.05) is 6.54 Å². The van der Waals surface area contributed by atoms with Gasteiger partial charge < -0.3 is 5.32 Å². The average molecular weight is 394 g/mol. The van der Waals surface area contributed by atoms with Gasteiger partial charge in [0.2, 0.25) is 5.91 Å². The first-order chi connectivity index (χ1) is 13.4. The van der Waals surface area contributed by atoms with E-state index in [0.717, 1.165) is 16.8 Å². The number of hydrogen-bond donors (Lipinski definition) is 1. The predicted molar refractivity (Wildman–Crippen MR) is 115 cm³/mol. The summed E-state index contributed by atoms with van der Waals surface area (Å²) in [6.07, 6.45) is 1.63. The van der Waals surface area contributed by atoms with Crippen LogP contribution in [0.1, 0.15) is 18.1 Å². The Morgan fingerprint density at radius 1 is 1.25 bits per heavy atom. The van der Waals surface area contributed by atoms with E-state index in [0.29, 0.717) is 22.6 Å². The summed E-state index contributed by atoms with van der Waals surface area (Å²) in [5.74, 6) is -0.126. The Bertz CT molecular complexity index is 1100. The molecule has 5 nitrogen and oxygen atoms in total. The predicted octanol–water partition coefficient (Wildman–Crippen LogP) is 3.79. The lowest BCUT2D eigenvalue weighted by atomic mass is 10.1. The molecule has 0 spiro atoms. The van der Waals surface area contributed by atoms with Gasteiger partial charge in [-0.3, -0.25) is 14.2 Å². The first-order valence-electron chi connectivity index (χ1n) is 9.07. The number of nitrogens with zero attached hydrogens (tertiary/aromatic N) is 2. The molecule has 2 aromatic carbocycles. The Labute approximate surface area is 168 Å². The first kappa shape index (κ1) is 19.9. The highest BCUT2D eigenvalue weighted by molar-refractivity contribution is 8.00. The molecule has 3 rings (SSSR count). The normalized spacial score (nSPS) is 12.0. The maximum atomic E-state index is 13.3. The monoisotopic (exact) mass is 393 g/mol. The molecule has 0 aliphatic heterocycles. The zero-order valence-corrected chi connectivity index (χ0v) is 17.0. The van der Waals surface area contributed by atoms with E-state index in [1.165, 1.54) is 11.8 Å². The summed E-state index contributed by atoms with van der Waals surface area (Å²) in [7, 11) is 0. The quantitative estimate of drug-likeness (QED) is 0.393. The van der Waals surface area contributed by atoms with Crippen LogP contribution in [0.4, 0.5) is 0 Å². The standard InChI is InChI=1S/C22H23N3O2S/c1-5-12-23-20(26)16(4)28-22-24-19-9-7-6-8-18(19)21(27)25(22)17-11-10-14(2)15(3)13-17/h5-11,13,16H,1,12H2,2-4H3,(H,23,26). The number of benzene rings is 2. The van der Waals surface area contributed by atoms with Crippen LogP contribution >= 0.6 is 11.8 Å². The van der Waals surface area contributed by atoms with Crippen LogP contribution in [-0.4, -0.2) is 27.3 Å². The minimum Gasteiger partial charge on any atom is -0.352 e. The van der Waals surface area contributed by atoms with Crippen molar-refractivity contribution in [3.8, 4) is 5.69 Å². The van der Waals surface area contributed by atoms with E-state index in [2.05, 4.69) is 11.9 Å². The highest BCUT2D eigenvalue weighted by Gasteiger charge is 2.20. The van der Waals surface area contributed by atoms with Crippen molar-refractivity contribution >= 4 is 28.6 Å². The highest BCUT2D eigenvalue weighted by atomic mass is 32.2. The second kappa shape index (κ2) is 8.44. The Kier molecular flexibility index (Phi) is 5.99. The summed E-state index contributed by atoms with van der Waals surface area (Å²) in [4.78, 5) is 30.3. The molecule has 1 heterocycles. The van der Waals surface area contributed by atoms with Crippen LogP contribution < -0.4 is 10.9 Å². The fourth-order valence-corrected chi connectivity index (χ4v) is 3.76. The minimum absolute atomic E-state index is 0.126. The van der Waals surface area contributed by atoms with Crippen LogP contribution in [0, 0.1) is 13.8 Å². The SMILES string of the molecule is C=CCNC(=O)C(C)Sc1nc2ccccc2c(=O)n1-c1ccc(C)c(C)c1. The zero-order valence-electron chi connectivity index (χ0n) is 16.2. The van der Waals surface area contributed by atoms with Gasteiger partial charge in [-0.15, -0.1) is 6.58 Å². The summed E-state index contributed by atoms with van der Waals surface area (Å²) in [6, 6.07) is 13.1. The fourth-order valence-electron chi connectivity index (χ4n) is 2.81. The van der Waals surface area contributed by atoms with E-state index in [4.69, 9.17) is 4.98 Å². The summed E-state index contributed by atoms with van der Waals surface area (Å²) < 4.78 is 1.59. The van der Waals surface area contributed by atoms with Gasteiger partial charge in [0.25, 0.3) is 5.56 Å². The molecular formula is C22H23N3O2S. The number of aryl methyl sites for hydroxylation is 2. The Hall–Kier alpha value is -2.86. The zero-order chi connectivity index (χ0) is 20.3. The molecule has 0 aliphatic rings. The van der Waals surface area contributed by atoms with Crippen LogP contribution in [0.5, 0.6) is 0 Å². The van der Waals surface area contributed by atoms with Gasteiger partial charge in [-0.05, 0) is 56.2 Å². The van der Waals surface area contributed by atoms with E-state index >= 15 is 0 Å². The van der Waals surface area contributed by atoms with E-state index in [1.54, 1.807) is 23.6 Å². The van der Waals surface area contributed by atoms with Crippen LogP contribution in [0.15, 0.2) is 65.1 Å². The van der Waals surface area contributed by atoms with Crippen LogP contribution in [-0.2, 0) is 4.79 Å². The fraction of sp³-hybridized carbons (Fsp3) is 0.227. The number of para-hydroxylation sites is 1. The number of rotatable bonds is 6. The Balaban J connectivity index is 2.14. The highest BCUT2D eigenvalue weighted by Crippen LogP contribution is 2.26. The van der Waals surface area contributed by atoms with Crippen molar-refractivity contribution in [1.82, 2.24) is 14.9 Å². The second-order valence-electron chi connectivity index (χ2n) is 6.61. The number of nitrogens with one attached hydrogen (secondary N) is 1. The van der Waals surface area contributed by atoms with Gasteiger partial charge in [-0.1, -0.05) is 36.0 Å². The van der Waals surface area contributed by atoms with Gasteiger partial charge in [0.05, 0.1) is 21.8 Å². The summed E-state index contributed by atoms with van der Waals surface area (Å²) in [6.45, 7) is 9.85. The molecule has 6 heteroatoms. The molecule has 0 bridgehead atoms. The van der Waals surface area contributed by atoms with Crippen LogP contribution in [0.3, 0.4) is 0 Å². The van der Waals surface area contributed by atoms with Gasteiger partial charge in [0.15, 0.2) is 5.16 Å². The van der Waals surface area contributed by atoms with Crippen molar-refractivity contribution in [1.29, 1.82) is 0 Å². The average Bonchev–Trinajstić information content (AvgIpc) is 2.68. The smallest absolute Gasteiger partial charge is 0.266 e. The molecule has 0 aliphatic carbocycles. The number of hydrogen-bond acceptors (Lipinski definition) is 4. The molecule has 0 saturated carbocycles. The molecule has 0 fully saturated rings. The number of fused-ring (bicyclic) bond motifs is 1. The summed E-state index contributed by atoms with van der Waals surface area (Å²) in [5, 5.41) is 3.42. The molecule has 1 aromatic heterocycles. The second-order valence-corrected chi connectivity index (χ2v) is 7.92. The van der Waals surface area contributed by atoms with Gasteiger partial charge >= 0.3 is 0 Å². The Morgan fingerprint density at radius 2 is 2.00 bits per heavy atom. The van der Waals surface area contributed by atoms with Crippen LogP contribution in [0.25, 0.3) is 16.6 Å². The minimum atomic E-state index is -0.411. The van der Waals surface area contributed by atoms with Gasteiger partial charge in [0.1, 0.15) is 0 Å². The lowest BCUT2D eigenvalue weighted by Crippen LogP contribution is -2.32. The molecule has 1 amide bonds. The lowest BCUT2D eigenvalue weighted by molar-refractivity contribution is -0.120. The number of carbonyl (C=O) groups excluding carboxylic acids is 1. The van der Waals surface area contributed by atoms with E-state index in [-0.39, 0.29) is 11.5 Å². The molecule has 1 unspecified atom stereocenters. The third-order valence-corrected chi connectivity index (χ3v) is 5.62. The molecule has 3 aromatic rings. The molecule has 1 N–H and O–H groups in total. The van der Waals surface area contributed by atoms with Crippen molar-refractivity contribution in [2.24, 2.45) is 0 Å². The molecule has 1 atom stereocenters. The molecule has 28 heavy (non-hydrogen) atoms. The third-order valence-electron chi connectivity index (χ3n) is 4.57. The maximum Gasteiger partial charge on any atom is 0.266 e. The van der Waals surface area contributed by atoms with E-state index in [9.17, 15) is 9.59 Å². The molecule has 0 saturated heterocycles. The van der Waals surface area contributed by atoms with Crippen molar-refractivity contribution in [3.63, 3.8) is 0 Å². The van der Waals surface area contributed by atoms with Crippen molar-refractivity contribution < 1.29 is 4.79 Å². The number of carbonyl (C=O) groups is 1. The van der Waals surface area contributed by atoms with Gasteiger partial charge in [-0.25, -0.2) is 4.98 Å². The lowest BCUT2D eigenvalue weighted by Gasteiger charge is -2.17. The van der Waals surface area contributed by atoms with E-state index < -0.39 is 5.25 Å². The van der Waals surface area contributed by atoms with Gasteiger partial charge in [-0.2, -0.15) is 0 Å². The topological polar surface area (TPSA) is 64.0 Å². The number of thioether (sulfide) groups is 1. The van der Waals surface area contributed by atoms with Gasteiger partial charge in [0, 0.05) is 6.54 Å². The maximum absolute atomic E-state index is 13.3. The van der Waals surface area contributed by atoms with Crippen molar-refractivity contribution in [3.05, 3.63) is 76.6 Å². The largest absolute Gasteiger partial charge is 0.352 e. The van der Waals surface area contributed by atoms with Crippen LogP contribution in [0.2, 0.25) is 0 Å². The molecular weight excluding hydrogens is 370 g/mol. The Morgan fingerprint density at radius 3 is 2.71 bits per heavy atom. The number of amides is 1. The summed E-state index contributed by atoms with van der Waals surface area (Å²) in [5.41, 5.74) is 3.46. The third kappa shape index (κ3) is 4.02. The van der Waals surface area contributed by atoms with E-state index in [1.807, 2.05) is 50.2 Å². The first-order valence-corrected chi connectivity index (χ1v) is 9.95. The molecule has 0 radical (unpaired) electrons. The summed E-state index contributed by atoms with van der Waals surface area (Å²) >= 11 is 1.27. The van der Waals surface area contributed by atoms with Crippen molar-refractivity contribution in [2.45, 2.75) is 31.2 Å². The number of aromatic nitrogens is 2.